The number of halogens is 1. The molecule has 19 heavy (non-hydrogen) atoms. The van der Waals surface area contributed by atoms with Gasteiger partial charge in [0.25, 0.3) is 10.0 Å². The number of hydrogen-bond donors (Lipinski definition) is 1. The van der Waals surface area contributed by atoms with Crippen LogP contribution in [0.25, 0.3) is 0 Å². The summed E-state index contributed by atoms with van der Waals surface area (Å²) in [7, 11) is -3.53. The summed E-state index contributed by atoms with van der Waals surface area (Å²) in [6.45, 7) is 1.95. The molecule has 2 heterocycles. The van der Waals surface area contributed by atoms with E-state index in [0.29, 0.717) is 18.7 Å². The molecule has 0 atom stereocenters. The Hall–Kier alpha value is -1.02. The van der Waals surface area contributed by atoms with Crippen molar-refractivity contribution in [2.75, 3.05) is 6.54 Å². The molecule has 0 bridgehead atoms. The molecule has 8 heteroatoms. The van der Waals surface area contributed by atoms with Crippen molar-refractivity contribution < 1.29 is 8.42 Å². The zero-order valence-electron chi connectivity index (χ0n) is 10.1. The molecule has 5 nitrogen and oxygen atoms in total. The summed E-state index contributed by atoms with van der Waals surface area (Å²) in [6, 6.07) is 3.70. The molecule has 0 saturated heterocycles. The molecule has 0 aromatic carbocycles. The predicted octanol–water partition coefficient (Wildman–Crippen LogP) is 2.02. The lowest BCUT2D eigenvalue weighted by molar-refractivity contribution is 0.583. The maximum absolute atomic E-state index is 12.0. The third-order valence-corrected chi connectivity index (χ3v) is 5.76. The van der Waals surface area contributed by atoms with Gasteiger partial charge in [0.2, 0.25) is 0 Å². The molecule has 0 aliphatic carbocycles. The van der Waals surface area contributed by atoms with Crippen molar-refractivity contribution in [1.82, 2.24) is 14.7 Å². The van der Waals surface area contributed by atoms with Crippen LogP contribution in [0.5, 0.6) is 0 Å². The Bertz CT molecular complexity index is 656. The first kappa shape index (κ1) is 14.4. The topological polar surface area (TPSA) is 72.0 Å². The molecule has 0 spiro atoms. The van der Waals surface area contributed by atoms with E-state index in [1.165, 1.54) is 0 Å². The molecule has 0 aliphatic heterocycles. The Kier molecular flexibility index (Phi) is 4.51. The quantitative estimate of drug-likeness (QED) is 0.915. The van der Waals surface area contributed by atoms with Crippen molar-refractivity contribution in [3.8, 4) is 0 Å². The van der Waals surface area contributed by atoms with Crippen LogP contribution in [0.3, 0.4) is 0 Å². The molecule has 0 unspecified atom stereocenters. The smallest absolute Gasteiger partial charge is 0.251 e. The Morgan fingerprint density at radius 3 is 2.63 bits per heavy atom. The second-order valence-electron chi connectivity index (χ2n) is 3.84. The minimum atomic E-state index is -3.53. The third kappa shape index (κ3) is 3.73. The first-order valence-electron chi connectivity index (χ1n) is 5.50. The molecule has 2 rings (SSSR count). The van der Waals surface area contributed by atoms with Gasteiger partial charge in [0.1, 0.15) is 0 Å². The monoisotopic (exact) mass is 317 g/mol. The highest BCUT2D eigenvalue weighted by molar-refractivity contribution is 7.91. The molecule has 1 N–H and O–H groups in total. The molecule has 2 aromatic rings. The van der Waals surface area contributed by atoms with Crippen LogP contribution in [0.1, 0.15) is 11.3 Å². The minimum Gasteiger partial charge on any atom is -0.265 e. The summed E-state index contributed by atoms with van der Waals surface area (Å²) in [6.07, 6.45) is 3.96. The molecule has 102 valence electrons. The number of thiazole rings is 1. The first-order valence-corrected chi connectivity index (χ1v) is 8.18. The number of aryl methyl sites for hydroxylation is 1. The van der Waals surface area contributed by atoms with Crippen molar-refractivity contribution in [2.24, 2.45) is 0 Å². The van der Waals surface area contributed by atoms with Crippen LogP contribution in [0, 0.1) is 6.92 Å². The maximum atomic E-state index is 12.0. The normalized spacial score (nSPS) is 11.7. The van der Waals surface area contributed by atoms with Gasteiger partial charge in [0.05, 0.1) is 5.69 Å². The van der Waals surface area contributed by atoms with Gasteiger partial charge in [-0.1, -0.05) is 22.9 Å². The number of aromatic nitrogens is 2. The second kappa shape index (κ2) is 5.96. The molecule has 0 fully saturated rings. The second-order valence-corrected chi connectivity index (χ2v) is 7.39. The fourth-order valence-electron chi connectivity index (χ4n) is 1.54. The van der Waals surface area contributed by atoms with Crippen LogP contribution in [-0.2, 0) is 16.4 Å². The summed E-state index contributed by atoms with van der Waals surface area (Å²) < 4.78 is 27.0. The lowest BCUT2D eigenvalue weighted by Gasteiger charge is -2.05. The summed E-state index contributed by atoms with van der Waals surface area (Å²) in [4.78, 5) is 7.80. The zero-order valence-corrected chi connectivity index (χ0v) is 12.5. The van der Waals surface area contributed by atoms with Crippen LogP contribution in [0.15, 0.2) is 28.7 Å². The van der Waals surface area contributed by atoms with Crippen LogP contribution in [0.4, 0.5) is 0 Å². The fourth-order valence-corrected chi connectivity index (χ4v) is 4.36. The van der Waals surface area contributed by atoms with Crippen molar-refractivity contribution in [1.29, 1.82) is 0 Å². The van der Waals surface area contributed by atoms with Gasteiger partial charge in [-0.05, 0) is 31.0 Å². The minimum absolute atomic E-state index is 0.173. The molecular weight excluding hydrogens is 306 g/mol. The van der Waals surface area contributed by atoms with Gasteiger partial charge < -0.3 is 0 Å². The van der Waals surface area contributed by atoms with Gasteiger partial charge in [0.15, 0.2) is 8.68 Å². The first-order chi connectivity index (χ1) is 8.99. The number of rotatable bonds is 5. The standard InChI is InChI=1S/C11H12ClN3O2S2/c1-8-10(18-11(12)15-8)19(16,17)14-7-4-9-2-5-13-6-3-9/h2-3,5-6,14H,4,7H2,1H3. The van der Waals surface area contributed by atoms with E-state index in [-0.39, 0.29) is 8.68 Å². The highest BCUT2D eigenvalue weighted by atomic mass is 35.5. The van der Waals surface area contributed by atoms with E-state index in [1.807, 2.05) is 12.1 Å². The summed E-state index contributed by atoms with van der Waals surface area (Å²) >= 11 is 6.67. The molecule has 0 aliphatic rings. The average molecular weight is 318 g/mol. The number of pyridine rings is 1. The molecule has 0 saturated carbocycles. The number of sulfonamides is 1. The van der Waals surface area contributed by atoms with Crippen molar-refractivity contribution in [2.45, 2.75) is 17.6 Å². The van der Waals surface area contributed by atoms with Gasteiger partial charge in [-0.2, -0.15) is 0 Å². The Balaban J connectivity index is 2.01. The highest BCUT2D eigenvalue weighted by Gasteiger charge is 2.20. The van der Waals surface area contributed by atoms with E-state index in [2.05, 4.69) is 14.7 Å². The van der Waals surface area contributed by atoms with Crippen LogP contribution in [0.2, 0.25) is 4.47 Å². The lowest BCUT2D eigenvalue weighted by Crippen LogP contribution is -2.25. The van der Waals surface area contributed by atoms with Crippen LogP contribution in [-0.4, -0.2) is 24.9 Å². The van der Waals surface area contributed by atoms with E-state index in [1.54, 1.807) is 19.3 Å². The number of nitrogens with zero attached hydrogens (tertiary/aromatic N) is 2. The largest absolute Gasteiger partial charge is 0.265 e. The van der Waals surface area contributed by atoms with Crippen LogP contribution >= 0.6 is 22.9 Å². The molecule has 0 amide bonds. The molecular formula is C11H12ClN3O2S2. The van der Waals surface area contributed by atoms with Crippen molar-refractivity contribution >= 4 is 33.0 Å². The van der Waals surface area contributed by atoms with E-state index in [9.17, 15) is 8.42 Å². The summed E-state index contributed by atoms with van der Waals surface area (Å²) in [5.74, 6) is 0. The summed E-state index contributed by atoms with van der Waals surface area (Å²) in [5, 5.41) is 0. The molecule has 2 aromatic heterocycles. The van der Waals surface area contributed by atoms with Gasteiger partial charge in [-0.15, -0.1) is 0 Å². The van der Waals surface area contributed by atoms with Crippen molar-refractivity contribution in [3.05, 3.63) is 40.3 Å². The zero-order chi connectivity index (χ0) is 13.9. The number of nitrogens with one attached hydrogen (secondary N) is 1. The van der Waals surface area contributed by atoms with Crippen molar-refractivity contribution in [3.63, 3.8) is 0 Å². The van der Waals surface area contributed by atoms with E-state index >= 15 is 0 Å². The SMILES string of the molecule is Cc1nc(Cl)sc1S(=O)(=O)NCCc1ccncc1. The van der Waals surface area contributed by atoms with Gasteiger partial charge in [-0.3, -0.25) is 4.98 Å². The lowest BCUT2D eigenvalue weighted by atomic mass is 10.2. The van der Waals surface area contributed by atoms with Gasteiger partial charge in [-0.25, -0.2) is 18.1 Å². The van der Waals surface area contributed by atoms with Crippen LogP contribution < -0.4 is 4.72 Å². The maximum Gasteiger partial charge on any atom is 0.251 e. The number of hydrogen-bond acceptors (Lipinski definition) is 5. The summed E-state index contributed by atoms with van der Waals surface area (Å²) in [5.41, 5.74) is 1.45. The Morgan fingerprint density at radius 2 is 2.05 bits per heavy atom. The predicted molar refractivity (Wildman–Crippen MR) is 75.0 cm³/mol. The Morgan fingerprint density at radius 1 is 1.37 bits per heavy atom. The fraction of sp³-hybridized carbons (Fsp3) is 0.273. The average Bonchev–Trinajstić information content (AvgIpc) is 2.70. The van der Waals surface area contributed by atoms with Gasteiger partial charge >= 0.3 is 0 Å². The van der Waals surface area contributed by atoms with E-state index < -0.39 is 10.0 Å². The Labute approximate surface area is 120 Å². The highest BCUT2D eigenvalue weighted by Crippen LogP contribution is 2.26. The van der Waals surface area contributed by atoms with E-state index in [4.69, 9.17) is 11.6 Å². The molecule has 0 radical (unpaired) electrons. The van der Waals surface area contributed by atoms with E-state index in [0.717, 1.165) is 16.9 Å². The third-order valence-electron chi connectivity index (χ3n) is 2.43. The van der Waals surface area contributed by atoms with Gasteiger partial charge in [0, 0.05) is 18.9 Å².